The number of para-hydroxylation sites is 1. The van der Waals surface area contributed by atoms with E-state index in [1.165, 1.54) is 0 Å². The molecular formula is C19H29N5O2. The quantitative estimate of drug-likeness (QED) is 0.364. The summed E-state index contributed by atoms with van der Waals surface area (Å²) in [6, 6.07) is 8.25. The predicted octanol–water partition coefficient (Wildman–Crippen LogP) is 0.866. The number of piperidine rings is 1. The Balaban J connectivity index is 1.82. The van der Waals surface area contributed by atoms with Crippen LogP contribution in [0.15, 0.2) is 41.9 Å². The number of hydrogen-bond acceptors (Lipinski definition) is 4. The maximum absolute atomic E-state index is 11.0. The zero-order chi connectivity index (χ0) is 18.8. The summed E-state index contributed by atoms with van der Waals surface area (Å²) in [5.41, 5.74) is 6.32. The molecule has 1 heterocycles. The van der Waals surface area contributed by atoms with Crippen molar-refractivity contribution in [1.82, 2.24) is 15.5 Å². The Kier molecular flexibility index (Phi) is 7.95. The van der Waals surface area contributed by atoms with Gasteiger partial charge in [0.15, 0.2) is 5.96 Å². The summed E-state index contributed by atoms with van der Waals surface area (Å²) in [5, 5.41) is 6.79. The summed E-state index contributed by atoms with van der Waals surface area (Å²) in [5.74, 6) is 1.33. The number of nitrogens with two attached hydrogens (primary N) is 1. The molecule has 0 atom stereocenters. The van der Waals surface area contributed by atoms with Crippen molar-refractivity contribution in [2.75, 3.05) is 33.3 Å². The van der Waals surface area contributed by atoms with Crippen LogP contribution in [0.25, 0.3) is 0 Å². The zero-order valence-electron chi connectivity index (χ0n) is 15.4. The molecule has 26 heavy (non-hydrogen) atoms. The molecule has 0 bridgehead atoms. The van der Waals surface area contributed by atoms with Gasteiger partial charge in [-0.2, -0.15) is 0 Å². The third kappa shape index (κ3) is 6.40. The first-order valence-electron chi connectivity index (χ1n) is 8.91. The van der Waals surface area contributed by atoms with Crippen LogP contribution < -0.4 is 21.1 Å². The minimum atomic E-state index is -0.272. The summed E-state index contributed by atoms with van der Waals surface area (Å²) in [6.07, 6.45) is 3.63. The second-order valence-corrected chi connectivity index (χ2v) is 6.29. The first-order valence-corrected chi connectivity index (χ1v) is 8.91. The zero-order valence-corrected chi connectivity index (χ0v) is 15.4. The number of guanidine groups is 1. The minimum absolute atomic E-state index is 0.272. The fourth-order valence-corrected chi connectivity index (χ4v) is 2.96. The Labute approximate surface area is 155 Å². The highest BCUT2D eigenvalue weighted by atomic mass is 16.5. The number of nitrogens with zero attached hydrogens (tertiary/aromatic N) is 2. The van der Waals surface area contributed by atoms with E-state index in [9.17, 15) is 4.79 Å². The molecular weight excluding hydrogens is 330 g/mol. The van der Waals surface area contributed by atoms with E-state index in [-0.39, 0.29) is 5.91 Å². The predicted molar refractivity (Wildman–Crippen MR) is 104 cm³/mol. The molecule has 0 radical (unpaired) electrons. The molecule has 7 nitrogen and oxygen atoms in total. The van der Waals surface area contributed by atoms with E-state index in [1.54, 1.807) is 13.1 Å². The van der Waals surface area contributed by atoms with E-state index >= 15 is 0 Å². The van der Waals surface area contributed by atoms with Crippen molar-refractivity contribution in [2.45, 2.75) is 25.4 Å². The monoisotopic (exact) mass is 359 g/mol. The summed E-state index contributed by atoms with van der Waals surface area (Å²) >= 11 is 0. The lowest BCUT2D eigenvalue weighted by atomic mass is 10.1. The molecule has 1 aliphatic heterocycles. The van der Waals surface area contributed by atoms with Gasteiger partial charge in [-0.25, -0.2) is 0 Å². The number of ether oxygens (including phenoxy) is 1. The van der Waals surface area contributed by atoms with E-state index in [1.807, 2.05) is 24.3 Å². The van der Waals surface area contributed by atoms with Crippen molar-refractivity contribution in [3.05, 3.63) is 42.5 Å². The van der Waals surface area contributed by atoms with Crippen molar-refractivity contribution in [3.8, 4) is 5.75 Å². The second kappa shape index (κ2) is 10.5. The van der Waals surface area contributed by atoms with Crippen LogP contribution >= 0.6 is 0 Å². The van der Waals surface area contributed by atoms with Crippen molar-refractivity contribution in [3.63, 3.8) is 0 Å². The van der Waals surface area contributed by atoms with Gasteiger partial charge in [0, 0.05) is 38.3 Å². The van der Waals surface area contributed by atoms with E-state index in [0.717, 1.165) is 43.2 Å². The summed E-state index contributed by atoms with van der Waals surface area (Å²) < 4.78 is 5.68. The van der Waals surface area contributed by atoms with Gasteiger partial charge >= 0.3 is 0 Å². The Morgan fingerprint density at radius 3 is 2.81 bits per heavy atom. The molecule has 1 aromatic rings. The summed E-state index contributed by atoms with van der Waals surface area (Å²) in [7, 11) is 1.76. The number of nitrogens with one attached hydrogen (secondary N) is 2. The lowest BCUT2D eigenvalue weighted by Gasteiger charge is -2.32. The van der Waals surface area contributed by atoms with Gasteiger partial charge in [0.1, 0.15) is 12.4 Å². The van der Waals surface area contributed by atoms with Crippen LogP contribution in [0.1, 0.15) is 18.4 Å². The molecule has 0 aromatic heterocycles. The fourth-order valence-electron chi connectivity index (χ4n) is 2.96. The molecule has 0 spiro atoms. The number of carbonyl (C=O) groups excluding carboxylic acids is 1. The van der Waals surface area contributed by atoms with Crippen LogP contribution in [-0.4, -0.2) is 56.1 Å². The van der Waals surface area contributed by atoms with Gasteiger partial charge in [0.2, 0.25) is 5.91 Å². The molecule has 0 aliphatic carbocycles. The lowest BCUT2D eigenvalue weighted by Crippen LogP contribution is -2.49. The average Bonchev–Trinajstić information content (AvgIpc) is 2.65. The number of likely N-dealkylation sites (tertiary alicyclic amines) is 1. The molecule has 7 heteroatoms. The van der Waals surface area contributed by atoms with Gasteiger partial charge in [-0.3, -0.25) is 14.7 Å². The standard InChI is InChI=1S/C19H29N5O2/c1-3-12-26-17-7-5-4-6-15(17)13-22-19(21-2)23-16-8-10-24(11-9-16)14-18(20)25/h3-7,16H,1,8-14H2,2H3,(H2,20,25)(H2,21,22,23). The van der Waals surface area contributed by atoms with Crippen LogP contribution in [0.4, 0.5) is 0 Å². The minimum Gasteiger partial charge on any atom is -0.489 e. The first kappa shape index (κ1) is 19.8. The molecule has 1 saturated heterocycles. The molecule has 0 unspecified atom stereocenters. The Morgan fingerprint density at radius 1 is 1.42 bits per heavy atom. The van der Waals surface area contributed by atoms with Gasteiger partial charge in [-0.05, 0) is 18.9 Å². The molecule has 1 aliphatic rings. The van der Waals surface area contributed by atoms with E-state index < -0.39 is 0 Å². The fraction of sp³-hybridized carbons (Fsp3) is 0.474. The lowest BCUT2D eigenvalue weighted by molar-refractivity contribution is -0.119. The highest BCUT2D eigenvalue weighted by Gasteiger charge is 2.20. The largest absolute Gasteiger partial charge is 0.489 e. The van der Waals surface area contributed by atoms with Crippen LogP contribution in [0.2, 0.25) is 0 Å². The molecule has 4 N–H and O–H groups in total. The smallest absolute Gasteiger partial charge is 0.231 e. The van der Waals surface area contributed by atoms with Crippen molar-refractivity contribution in [1.29, 1.82) is 0 Å². The Hall–Kier alpha value is -2.54. The summed E-state index contributed by atoms with van der Waals surface area (Å²) in [6.45, 7) is 6.83. The highest BCUT2D eigenvalue weighted by Crippen LogP contribution is 2.17. The number of carbonyl (C=O) groups is 1. The average molecular weight is 359 g/mol. The van der Waals surface area contributed by atoms with Crippen molar-refractivity contribution >= 4 is 11.9 Å². The highest BCUT2D eigenvalue weighted by molar-refractivity contribution is 5.80. The van der Waals surface area contributed by atoms with Crippen molar-refractivity contribution < 1.29 is 9.53 Å². The SMILES string of the molecule is C=CCOc1ccccc1CNC(=NC)NC1CCN(CC(N)=O)CC1. The third-order valence-corrected chi connectivity index (χ3v) is 4.31. The van der Waals surface area contributed by atoms with E-state index in [4.69, 9.17) is 10.5 Å². The number of hydrogen-bond donors (Lipinski definition) is 3. The molecule has 142 valence electrons. The maximum Gasteiger partial charge on any atom is 0.231 e. The first-order chi connectivity index (χ1) is 12.6. The molecule has 2 rings (SSSR count). The summed E-state index contributed by atoms with van der Waals surface area (Å²) in [4.78, 5) is 17.4. The number of amides is 1. The van der Waals surface area contributed by atoms with Gasteiger partial charge in [-0.1, -0.05) is 30.9 Å². The number of benzene rings is 1. The van der Waals surface area contributed by atoms with Gasteiger partial charge in [-0.15, -0.1) is 0 Å². The topological polar surface area (TPSA) is 92.0 Å². The van der Waals surface area contributed by atoms with E-state index in [2.05, 4.69) is 27.1 Å². The Bertz CT molecular complexity index is 624. The number of aliphatic imine (C=N–C) groups is 1. The normalized spacial score (nSPS) is 16.1. The van der Waals surface area contributed by atoms with Gasteiger partial charge < -0.3 is 21.1 Å². The van der Waals surface area contributed by atoms with E-state index in [0.29, 0.717) is 25.7 Å². The maximum atomic E-state index is 11.0. The van der Waals surface area contributed by atoms with Crippen LogP contribution in [0.5, 0.6) is 5.75 Å². The van der Waals surface area contributed by atoms with Gasteiger partial charge in [0.25, 0.3) is 0 Å². The van der Waals surface area contributed by atoms with Gasteiger partial charge in [0.05, 0.1) is 6.54 Å². The molecule has 0 saturated carbocycles. The number of primary amides is 1. The third-order valence-electron chi connectivity index (χ3n) is 4.31. The molecule has 1 aromatic carbocycles. The Morgan fingerprint density at radius 2 is 2.15 bits per heavy atom. The number of rotatable bonds is 8. The van der Waals surface area contributed by atoms with Crippen molar-refractivity contribution in [2.24, 2.45) is 10.7 Å². The molecule has 1 amide bonds. The van der Waals surface area contributed by atoms with Crippen LogP contribution in [0.3, 0.4) is 0 Å². The van der Waals surface area contributed by atoms with Crippen LogP contribution in [-0.2, 0) is 11.3 Å². The molecule has 1 fully saturated rings. The second-order valence-electron chi connectivity index (χ2n) is 6.29. The van der Waals surface area contributed by atoms with Crippen LogP contribution in [0, 0.1) is 0 Å².